The van der Waals surface area contributed by atoms with Crippen molar-refractivity contribution in [3.63, 3.8) is 0 Å². The molecule has 1 aromatic rings. The lowest BCUT2D eigenvalue weighted by molar-refractivity contribution is -0.00893. The molecule has 3 heteroatoms. The van der Waals surface area contributed by atoms with E-state index in [1.54, 1.807) is 0 Å². The molecule has 0 radical (unpaired) electrons. The van der Waals surface area contributed by atoms with Crippen molar-refractivity contribution in [1.29, 1.82) is 0 Å². The SMILES string of the molecule is CC(C)N1CC(CC(F)F)(c2ccccc2)C1. The first-order valence-corrected chi connectivity index (χ1v) is 6.11. The van der Waals surface area contributed by atoms with Gasteiger partial charge in [0.2, 0.25) is 6.43 Å². The zero-order chi connectivity index (χ0) is 12.5. The van der Waals surface area contributed by atoms with Gasteiger partial charge in [0.15, 0.2) is 0 Å². The summed E-state index contributed by atoms with van der Waals surface area (Å²) in [4.78, 5) is 2.25. The minimum absolute atomic E-state index is 0.0275. The van der Waals surface area contributed by atoms with Crippen LogP contribution in [0.1, 0.15) is 25.8 Å². The Morgan fingerprint density at radius 3 is 2.24 bits per heavy atom. The van der Waals surface area contributed by atoms with Gasteiger partial charge in [-0.05, 0) is 19.4 Å². The minimum atomic E-state index is -2.23. The van der Waals surface area contributed by atoms with Crippen molar-refractivity contribution in [3.8, 4) is 0 Å². The Morgan fingerprint density at radius 2 is 1.76 bits per heavy atom. The van der Waals surface area contributed by atoms with E-state index in [1.807, 2.05) is 30.3 Å². The fraction of sp³-hybridized carbons (Fsp3) is 0.571. The highest BCUT2D eigenvalue weighted by molar-refractivity contribution is 5.30. The van der Waals surface area contributed by atoms with Crippen molar-refractivity contribution in [1.82, 2.24) is 4.90 Å². The van der Waals surface area contributed by atoms with Gasteiger partial charge in [-0.2, -0.15) is 0 Å². The largest absolute Gasteiger partial charge is 0.299 e. The second kappa shape index (κ2) is 4.73. The minimum Gasteiger partial charge on any atom is -0.299 e. The molecule has 1 heterocycles. The first-order chi connectivity index (χ1) is 8.03. The van der Waals surface area contributed by atoms with Crippen molar-refractivity contribution < 1.29 is 8.78 Å². The first-order valence-electron chi connectivity index (χ1n) is 6.11. The van der Waals surface area contributed by atoms with Gasteiger partial charge < -0.3 is 0 Å². The summed E-state index contributed by atoms with van der Waals surface area (Å²) < 4.78 is 25.5. The fourth-order valence-corrected chi connectivity index (χ4v) is 2.61. The van der Waals surface area contributed by atoms with Crippen LogP contribution in [0, 0.1) is 0 Å². The molecule has 0 spiro atoms. The molecule has 0 aliphatic carbocycles. The molecule has 94 valence electrons. The second-order valence-corrected chi connectivity index (χ2v) is 5.24. The molecule has 0 atom stereocenters. The Balaban J connectivity index is 2.17. The van der Waals surface area contributed by atoms with E-state index >= 15 is 0 Å². The third-order valence-corrected chi connectivity index (χ3v) is 3.67. The smallest absolute Gasteiger partial charge is 0.239 e. The highest BCUT2D eigenvalue weighted by Gasteiger charge is 2.46. The predicted molar refractivity (Wildman–Crippen MR) is 65.5 cm³/mol. The van der Waals surface area contributed by atoms with Gasteiger partial charge in [0, 0.05) is 31.0 Å². The third-order valence-electron chi connectivity index (χ3n) is 3.67. The van der Waals surface area contributed by atoms with E-state index in [-0.39, 0.29) is 11.8 Å². The zero-order valence-corrected chi connectivity index (χ0v) is 10.4. The summed E-state index contributed by atoms with van der Waals surface area (Å²) in [5.41, 5.74) is 0.719. The number of hydrogen-bond donors (Lipinski definition) is 0. The molecular weight excluding hydrogens is 220 g/mol. The van der Waals surface area contributed by atoms with E-state index in [9.17, 15) is 8.78 Å². The molecular formula is C14H19F2N. The zero-order valence-electron chi connectivity index (χ0n) is 10.4. The molecule has 0 aromatic heterocycles. The van der Waals surface area contributed by atoms with Crippen molar-refractivity contribution in [2.75, 3.05) is 13.1 Å². The van der Waals surface area contributed by atoms with Gasteiger partial charge in [-0.1, -0.05) is 30.3 Å². The van der Waals surface area contributed by atoms with Crippen molar-refractivity contribution in [2.24, 2.45) is 0 Å². The molecule has 0 unspecified atom stereocenters. The number of likely N-dealkylation sites (tertiary alicyclic amines) is 1. The summed E-state index contributed by atoms with van der Waals surface area (Å²) in [6, 6.07) is 10.2. The maximum atomic E-state index is 12.7. The van der Waals surface area contributed by atoms with Crippen LogP contribution in [0.5, 0.6) is 0 Å². The van der Waals surface area contributed by atoms with Crippen LogP contribution in [0.4, 0.5) is 8.78 Å². The van der Waals surface area contributed by atoms with Crippen molar-refractivity contribution in [2.45, 2.75) is 38.2 Å². The van der Waals surface area contributed by atoms with E-state index in [0.29, 0.717) is 6.04 Å². The fourth-order valence-electron chi connectivity index (χ4n) is 2.61. The lowest BCUT2D eigenvalue weighted by Crippen LogP contribution is -2.62. The quantitative estimate of drug-likeness (QED) is 0.779. The van der Waals surface area contributed by atoms with Crippen LogP contribution in [0.3, 0.4) is 0 Å². The molecule has 0 N–H and O–H groups in total. The Labute approximate surface area is 101 Å². The van der Waals surface area contributed by atoms with E-state index in [4.69, 9.17) is 0 Å². The van der Waals surface area contributed by atoms with Crippen LogP contribution in [-0.2, 0) is 5.41 Å². The maximum Gasteiger partial charge on any atom is 0.239 e. The molecule has 0 bridgehead atoms. The highest BCUT2D eigenvalue weighted by atomic mass is 19.3. The Hall–Kier alpha value is -0.960. The average Bonchev–Trinajstić information content (AvgIpc) is 2.23. The van der Waals surface area contributed by atoms with Crippen molar-refractivity contribution in [3.05, 3.63) is 35.9 Å². The van der Waals surface area contributed by atoms with Gasteiger partial charge in [-0.3, -0.25) is 4.90 Å². The number of rotatable bonds is 4. The Kier molecular flexibility index (Phi) is 3.48. The van der Waals surface area contributed by atoms with Crippen LogP contribution in [-0.4, -0.2) is 30.5 Å². The Morgan fingerprint density at radius 1 is 1.18 bits per heavy atom. The molecule has 2 rings (SSSR count). The Bertz CT molecular complexity index is 356. The lowest BCUT2D eigenvalue weighted by atomic mass is 9.71. The molecule has 1 nitrogen and oxygen atoms in total. The van der Waals surface area contributed by atoms with Crippen LogP contribution < -0.4 is 0 Å². The maximum absolute atomic E-state index is 12.7. The summed E-state index contributed by atoms with van der Waals surface area (Å²) in [6.45, 7) is 5.71. The monoisotopic (exact) mass is 239 g/mol. The molecule has 1 aromatic carbocycles. The number of hydrogen-bond acceptors (Lipinski definition) is 1. The standard InChI is InChI=1S/C14H19F2N/c1-11(2)17-9-14(10-17,8-13(15)16)12-6-4-3-5-7-12/h3-7,11,13H,8-10H2,1-2H3. The van der Waals surface area contributed by atoms with E-state index in [1.165, 1.54) is 0 Å². The topological polar surface area (TPSA) is 3.24 Å². The summed E-state index contributed by atoms with van der Waals surface area (Å²) in [5.74, 6) is 0. The molecule has 1 aliphatic heterocycles. The van der Waals surface area contributed by atoms with Crippen LogP contribution in [0.2, 0.25) is 0 Å². The molecule has 1 saturated heterocycles. The van der Waals surface area contributed by atoms with Gasteiger partial charge in [-0.15, -0.1) is 0 Å². The van der Waals surface area contributed by atoms with Crippen LogP contribution in [0.25, 0.3) is 0 Å². The van der Waals surface area contributed by atoms with Gasteiger partial charge in [-0.25, -0.2) is 8.78 Å². The van der Waals surface area contributed by atoms with Gasteiger partial charge in [0.05, 0.1) is 0 Å². The average molecular weight is 239 g/mol. The summed E-state index contributed by atoms with van der Waals surface area (Å²) in [6.07, 6.45) is -2.26. The van der Waals surface area contributed by atoms with E-state index in [2.05, 4.69) is 18.7 Å². The summed E-state index contributed by atoms with van der Waals surface area (Å²) in [5, 5.41) is 0. The second-order valence-electron chi connectivity index (χ2n) is 5.24. The third kappa shape index (κ3) is 2.49. The van der Waals surface area contributed by atoms with Crippen LogP contribution >= 0.6 is 0 Å². The normalized spacial score (nSPS) is 19.6. The van der Waals surface area contributed by atoms with E-state index in [0.717, 1.165) is 18.7 Å². The summed E-state index contributed by atoms with van der Waals surface area (Å²) in [7, 11) is 0. The molecule has 17 heavy (non-hydrogen) atoms. The lowest BCUT2D eigenvalue weighted by Gasteiger charge is -2.52. The van der Waals surface area contributed by atoms with Crippen LogP contribution in [0.15, 0.2) is 30.3 Å². The number of benzene rings is 1. The number of halogens is 2. The summed E-state index contributed by atoms with van der Waals surface area (Å²) >= 11 is 0. The number of alkyl halides is 2. The van der Waals surface area contributed by atoms with Crippen molar-refractivity contribution >= 4 is 0 Å². The molecule has 1 aliphatic rings. The molecule has 1 fully saturated rings. The molecule has 0 saturated carbocycles. The predicted octanol–water partition coefficient (Wildman–Crippen LogP) is 3.30. The van der Waals surface area contributed by atoms with Gasteiger partial charge in [0.25, 0.3) is 0 Å². The first kappa shape index (κ1) is 12.5. The van der Waals surface area contributed by atoms with Gasteiger partial charge in [0.1, 0.15) is 0 Å². The molecule has 0 amide bonds. The van der Waals surface area contributed by atoms with Gasteiger partial charge >= 0.3 is 0 Å². The number of nitrogens with zero attached hydrogens (tertiary/aromatic N) is 1. The van der Waals surface area contributed by atoms with E-state index < -0.39 is 6.43 Å². The highest BCUT2D eigenvalue weighted by Crippen LogP contribution is 2.40.